The second-order valence-corrected chi connectivity index (χ2v) is 9.33. The molecule has 4 rings (SSSR count). The van der Waals surface area contributed by atoms with Crippen LogP contribution in [-0.2, 0) is 30.6 Å². The number of aryl methyl sites for hydroxylation is 1. The van der Waals surface area contributed by atoms with Crippen LogP contribution in [0.15, 0.2) is 36.4 Å². The van der Waals surface area contributed by atoms with Crippen molar-refractivity contribution in [1.29, 1.82) is 0 Å². The highest BCUT2D eigenvalue weighted by molar-refractivity contribution is 7.46. The third-order valence-corrected chi connectivity index (χ3v) is 6.16. The second-order valence-electron chi connectivity index (χ2n) is 8.16. The molecule has 2 aromatic carbocycles. The van der Waals surface area contributed by atoms with Crippen molar-refractivity contribution in [3.05, 3.63) is 58.9 Å². The van der Waals surface area contributed by atoms with Gasteiger partial charge in [-0.05, 0) is 30.2 Å². The van der Waals surface area contributed by atoms with Gasteiger partial charge in [0.1, 0.15) is 17.1 Å². The van der Waals surface area contributed by atoms with Crippen molar-refractivity contribution < 1.29 is 18.9 Å². The molecule has 0 aliphatic heterocycles. The molecule has 0 radical (unpaired) electrons. The zero-order chi connectivity index (χ0) is 24.5. The smallest absolute Gasteiger partial charge is 0.404 e. The summed E-state index contributed by atoms with van der Waals surface area (Å²) < 4.78 is 18.5. The fourth-order valence-corrected chi connectivity index (χ4v) is 4.71. The normalized spacial score (nSPS) is 12.0. The minimum absolute atomic E-state index is 0.0303. The van der Waals surface area contributed by atoms with E-state index in [0.717, 1.165) is 47.1 Å². The number of unbranched alkanes of at least 4 members (excludes halogenated alkanes) is 1. The summed E-state index contributed by atoms with van der Waals surface area (Å²) >= 11 is 0. The molecular formula is C23H29N6O4P. The quantitative estimate of drug-likeness (QED) is 0.224. The fraction of sp³-hybridized carbons (Fsp3) is 0.304. The predicted octanol–water partition coefficient (Wildman–Crippen LogP) is 2.95. The van der Waals surface area contributed by atoms with Crippen molar-refractivity contribution in [1.82, 2.24) is 14.5 Å². The van der Waals surface area contributed by atoms with Crippen molar-refractivity contribution in [2.75, 3.05) is 5.73 Å². The number of para-hydroxylation sites is 1. The summed E-state index contributed by atoms with van der Waals surface area (Å²) in [5.41, 5.74) is 22.2. The largest absolute Gasteiger partial charge is 0.524 e. The lowest BCUT2D eigenvalue weighted by Gasteiger charge is -2.18. The molecule has 0 spiro atoms. The molecule has 10 nitrogen and oxygen atoms in total. The van der Waals surface area contributed by atoms with Gasteiger partial charge in [-0.1, -0.05) is 31.5 Å². The van der Waals surface area contributed by atoms with Crippen LogP contribution in [0.3, 0.4) is 0 Å². The number of phosphoric ester groups is 1. The maximum atomic E-state index is 11.5. The fourth-order valence-electron chi connectivity index (χ4n) is 4.24. The molecule has 0 amide bonds. The molecule has 180 valence electrons. The summed E-state index contributed by atoms with van der Waals surface area (Å²) in [6.07, 6.45) is 2.75. The Kier molecular flexibility index (Phi) is 6.88. The third kappa shape index (κ3) is 4.77. The average Bonchev–Trinajstić information content (AvgIpc) is 3.16. The summed E-state index contributed by atoms with van der Waals surface area (Å²) in [4.78, 5) is 28.0. The summed E-state index contributed by atoms with van der Waals surface area (Å²) in [7, 11) is -4.77. The number of aromatic nitrogens is 3. The number of nitrogen functional groups attached to an aromatic ring is 1. The summed E-state index contributed by atoms with van der Waals surface area (Å²) in [5.74, 6) is 1.30. The van der Waals surface area contributed by atoms with Gasteiger partial charge in [-0.3, -0.25) is 9.79 Å². The van der Waals surface area contributed by atoms with Gasteiger partial charge in [-0.2, -0.15) is 0 Å². The second kappa shape index (κ2) is 9.69. The van der Waals surface area contributed by atoms with E-state index in [0.29, 0.717) is 29.0 Å². The van der Waals surface area contributed by atoms with Gasteiger partial charge in [0, 0.05) is 42.6 Å². The van der Waals surface area contributed by atoms with E-state index in [-0.39, 0.29) is 18.8 Å². The predicted molar refractivity (Wildman–Crippen MR) is 132 cm³/mol. The van der Waals surface area contributed by atoms with Crippen LogP contribution in [0.4, 0.5) is 5.82 Å². The van der Waals surface area contributed by atoms with E-state index in [2.05, 4.69) is 16.5 Å². The lowest BCUT2D eigenvalue weighted by molar-refractivity contribution is 0.281. The Bertz CT molecular complexity index is 1370. The van der Waals surface area contributed by atoms with Crippen molar-refractivity contribution >= 4 is 35.6 Å². The lowest BCUT2D eigenvalue weighted by Crippen LogP contribution is -2.11. The first-order valence-corrected chi connectivity index (χ1v) is 12.6. The van der Waals surface area contributed by atoms with Crippen LogP contribution >= 0.6 is 7.82 Å². The summed E-state index contributed by atoms with van der Waals surface area (Å²) in [5, 5.41) is 0.946. The Balaban J connectivity index is 1.91. The average molecular weight is 484 g/mol. The molecule has 0 unspecified atom stereocenters. The van der Waals surface area contributed by atoms with Gasteiger partial charge in [0.2, 0.25) is 0 Å². The first kappa shape index (κ1) is 24.1. The van der Waals surface area contributed by atoms with E-state index < -0.39 is 7.82 Å². The Labute approximate surface area is 197 Å². The number of pyridine rings is 1. The molecule has 34 heavy (non-hydrogen) atoms. The van der Waals surface area contributed by atoms with Gasteiger partial charge < -0.3 is 26.3 Å². The van der Waals surface area contributed by atoms with Crippen molar-refractivity contribution in [3.63, 3.8) is 0 Å². The number of nitrogens with two attached hydrogens (primary N) is 3. The Hall–Kier alpha value is -3.01. The highest BCUT2D eigenvalue weighted by Gasteiger charge is 2.23. The molecule has 2 heterocycles. The Morgan fingerprint density at radius 1 is 1.09 bits per heavy atom. The minimum Gasteiger partial charge on any atom is -0.404 e. The van der Waals surface area contributed by atoms with E-state index in [1.54, 1.807) is 12.1 Å². The molecule has 0 aliphatic rings. The zero-order valence-electron chi connectivity index (χ0n) is 18.9. The van der Waals surface area contributed by atoms with Gasteiger partial charge in [-0.25, -0.2) is 14.5 Å². The van der Waals surface area contributed by atoms with Crippen LogP contribution in [0.1, 0.15) is 42.3 Å². The number of fused-ring (bicyclic) bond motifs is 3. The van der Waals surface area contributed by atoms with Gasteiger partial charge >= 0.3 is 7.82 Å². The van der Waals surface area contributed by atoms with Crippen LogP contribution in [0, 0.1) is 0 Å². The van der Waals surface area contributed by atoms with E-state index in [1.165, 1.54) is 0 Å². The number of hydrogen-bond acceptors (Lipinski definition) is 7. The number of phosphoric acid groups is 1. The van der Waals surface area contributed by atoms with Gasteiger partial charge in [-0.15, -0.1) is 0 Å². The van der Waals surface area contributed by atoms with E-state index in [4.69, 9.17) is 26.7 Å². The molecule has 0 saturated carbocycles. The molecule has 0 saturated heterocycles. The van der Waals surface area contributed by atoms with E-state index in [1.807, 2.05) is 24.3 Å². The van der Waals surface area contributed by atoms with Gasteiger partial charge in [0.15, 0.2) is 5.82 Å². The number of benzene rings is 2. The molecular weight excluding hydrogens is 455 g/mol. The first-order chi connectivity index (χ1) is 16.3. The van der Waals surface area contributed by atoms with Gasteiger partial charge in [0.05, 0.1) is 11.0 Å². The number of imidazole rings is 1. The van der Waals surface area contributed by atoms with Crippen LogP contribution in [0.25, 0.3) is 21.9 Å². The molecule has 0 aliphatic carbocycles. The molecule has 0 atom stereocenters. The zero-order valence-corrected chi connectivity index (χ0v) is 19.8. The molecule has 4 aromatic rings. The molecule has 0 fully saturated rings. The maximum absolute atomic E-state index is 11.5. The molecule has 11 heteroatoms. The first-order valence-electron chi connectivity index (χ1n) is 11.1. The van der Waals surface area contributed by atoms with E-state index >= 15 is 0 Å². The SMILES string of the molecule is CCCCc1nc2c(N)nc3ccccc3c2n1Cc1cc(CN)c(OP(=O)(O)O)c(CN)c1. The van der Waals surface area contributed by atoms with Gasteiger partial charge in [0.25, 0.3) is 0 Å². The molecule has 8 N–H and O–H groups in total. The highest BCUT2D eigenvalue weighted by atomic mass is 31.2. The Morgan fingerprint density at radius 3 is 2.38 bits per heavy atom. The summed E-state index contributed by atoms with van der Waals surface area (Å²) in [6, 6.07) is 11.4. The highest BCUT2D eigenvalue weighted by Crippen LogP contribution is 2.41. The van der Waals surface area contributed by atoms with Crippen LogP contribution in [0.5, 0.6) is 5.75 Å². The van der Waals surface area contributed by atoms with E-state index in [9.17, 15) is 14.4 Å². The van der Waals surface area contributed by atoms with Crippen molar-refractivity contribution in [2.24, 2.45) is 11.5 Å². The number of hydrogen-bond donors (Lipinski definition) is 5. The summed E-state index contributed by atoms with van der Waals surface area (Å²) in [6.45, 7) is 2.63. The molecule has 2 aromatic heterocycles. The number of nitrogens with zero attached hydrogens (tertiary/aromatic N) is 3. The molecule has 0 bridgehead atoms. The monoisotopic (exact) mass is 484 g/mol. The van der Waals surface area contributed by atoms with Crippen LogP contribution in [-0.4, -0.2) is 24.3 Å². The number of rotatable bonds is 9. The minimum atomic E-state index is -4.77. The lowest BCUT2D eigenvalue weighted by atomic mass is 10.0. The standard InChI is InChI=1S/C23H29N6O4P/c1-2-3-8-19-28-20-21(17-6-4-5-7-18(17)27-23(20)26)29(19)13-14-9-15(11-24)22(16(10-14)12-25)33-34(30,31)32/h4-7,9-10H,2-3,8,11-13,24-25H2,1H3,(H2,26,27)(H2,30,31,32). The van der Waals surface area contributed by atoms with Crippen molar-refractivity contribution in [3.8, 4) is 5.75 Å². The topological polar surface area (TPSA) is 176 Å². The van der Waals surface area contributed by atoms with Crippen LogP contribution < -0.4 is 21.7 Å². The Morgan fingerprint density at radius 2 is 1.76 bits per heavy atom. The number of anilines is 1. The maximum Gasteiger partial charge on any atom is 0.524 e. The third-order valence-electron chi connectivity index (χ3n) is 5.74. The van der Waals surface area contributed by atoms with Crippen molar-refractivity contribution in [2.45, 2.75) is 45.8 Å². The van der Waals surface area contributed by atoms with Crippen LogP contribution in [0.2, 0.25) is 0 Å².